The number of rotatable bonds is 11. The molecule has 1 aromatic carbocycles. The largest absolute Gasteiger partial charge is 0.503 e. The number of carbonyl (C=O) groups excluding carboxylic acids is 1. The fraction of sp³-hybridized carbons (Fsp3) is 0.478. The van der Waals surface area contributed by atoms with Crippen LogP contribution in [0.4, 0.5) is 0 Å². The minimum atomic E-state index is -0.476. The Morgan fingerprint density at radius 1 is 1.27 bits per heavy atom. The van der Waals surface area contributed by atoms with Gasteiger partial charge in [-0.1, -0.05) is 63.1 Å². The van der Waals surface area contributed by atoms with Gasteiger partial charge in [-0.15, -0.1) is 5.10 Å². The second-order valence-corrected chi connectivity index (χ2v) is 7.57. The molecule has 0 amide bonds. The molecule has 2 rings (SSSR count). The number of nitrogens with zero attached hydrogens (tertiary/aromatic N) is 2. The number of halogens is 1. The van der Waals surface area contributed by atoms with Crippen LogP contribution in [0, 0.1) is 5.92 Å². The standard InChI is InChI=1S/C23H31ClN2O4/c1-6-10-16(3)13-26-21(24)18(7-2)22(25-26)30-14-17-11-8-9-12-19(17)20(15-28-4)23(27)29-5/h8-9,11-12,15-16H,6-7,10,13-14H2,1-5H3/b20-15+. The highest BCUT2D eigenvalue weighted by molar-refractivity contribution is 6.30. The smallest absolute Gasteiger partial charge is 0.341 e. The van der Waals surface area contributed by atoms with Crippen LogP contribution in [-0.4, -0.2) is 30.0 Å². The van der Waals surface area contributed by atoms with Crippen molar-refractivity contribution in [2.24, 2.45) is 5.92 Å². The molecule has 2 aromatic rings. The summed E-state index contributed by atoms with van der Waals surface area (Å²) in [5.41, 5.74) is 2.72. The lowest BCUT2D eigenvalue weighted by atomic mass is 10.0. The third-order valence-electron chi connectivity index (χ3n) is 4.88. The molecule has 0 aliphatic carbocycles. The summed E-state index contributed by atoms with van der Waals surface area (Å²) in [6.07, 6.45) is 4.33. The molecule has 0 aliphatic rings. The van der Waals surface area contributed by atoms with Crippen LogP contribution < -0.4 is 4.74 Å². The highest BCUT2D eigenvalue weighted by Gasteiger charge is 2.20. The lowest BCUT2D eigenvalue weighted by molar-refractivity contribution is -0.133. The van der Waals surface area contributed by atoms with E-state index in [-0.39, 0.29) is 6.61 Å². The summed E-state index contributed by atoms with van der Waals surface area (Å²) < 4.78 is 17.9. The Bertz CT molecular complexity index is 876. The molecule has 0 fully saturated rings. The predicted molar refractivity (Wildman–Crippen MR) is 118 cm³/mol. The Labute approximate surface area is 183 Å². The van der Waals surface area contributed by atoms with Crippen LogP contribution in [-0.2, 0) is 33.8 Å². The molecule has 0 spiro atoms. The number of hydrogen-bond donors (Lipinski definition) is 0. The quantitative estimate of drug-likeness (QED) is 0.273. The van der Waals surface area contributed by atoms with Gasteiger partial charge in [-0.2, -0.15) is 0 Å². The van der Waals surface area contributed by atoms with Crippen molar-refractivity contribution in [3.63, 3.8) is 0 Å². The molecule has 7 heteroatoms. The van der Waals surface area contributed by atoms with Gasteiger partial charge in [0, 0.05) is 6.54 Å². The topological polar surface area (TPSA) is 62.6 Å². The summed E-state index contributed by atoms with van der Waals surface area (Å²) in [6.45, 7) is 7.38. The number of benzene rings is 1. The molecule has 0 N–H and O–H groups in total. The number of ether oxygens (including phenoxy) is 3. The fourth-order valence-corrected chi connectivity index (χ4v) is 3.70. The maximum atomic E-state index is 12.2. The maximum absolute atomic E-state index is 12.2. The van der Waals surface area contributed by atoms with Crippen molar-refractivity contribution < 1.29 is 19.0 Å². The number of aromatic nitrogens is 2. The van der Waals surface area contributed by atoms with Crippen LogP contribution in [0.15, 0.2) is 30.5 Å². The van der Waals surface area contributed by atoms with Crippen molar-refractivity contribution in [3.05, 3.63) is 52.4 Å². The highest BCUT2D eigenvalue weighted by atomic mass is 35.5. The van der Waals surface area contributed by atoms with E-state index in [2.05, 4.69) is 18.9 Å². The zero-order chi connectivity index (χ0) is 22.1. The van der Waals surface area contributed by atoms with Gasteiger partial charge in [0.05, 0.1) is 26.0 Å². The summed E-state index contributed by atoms with van der Waals surface area (Å²) in [5.74, 6) is 0.527. The van der Waals surface area contributed by atoms with E-state index in [1.54, 1.807) is 0 Å². The van der Waals surface area contributed by atoms with Gasteiger partial charge in [0.25, 0.3) is 0 Å². The van der Waals surface area contributed by atoms with Crippen LogP contribution in [0.5, 0.6) is 5.88 Å². The first-order valence-corrected chi connectivity index (χ1v) is 10.6. The Hall–Kier alpha value is -2.47. The maximum Gasteiger partial charge on any atom is 0.341 e. The Morgan fingerprint density at radius 2 is 2.00 bits per heavy atom. The van der Waals surface area contributed by atoms with Crippen LogP contribution in [0.1, 0.15) is 50.3 Å². The molecule has 30 heavy (non-hydrogen) atoms. The van der Waals surface area contributed by atoms with E-state index < -0.39 is 5.97 Å². The first-order chi connectivity index (χ1) is 14.5. The molecule has 1 heterocycles. The van der Waals surface area contributed by atoms with Gasteiger partial charge in [0.15, 0.2) is 0 Å². The summed E-state index contributed by atoms with van der Waals surface area (Å²) in [7, 11) is 2.83. The number of esters is 1. The Kier molecular flexibility index (Phi) is 9.24. The normalized spacial score (nSPS) is 12.5. The zero-order valence-electron chi connectivity index (χ0n) is 18.4. The van der Waals surface area contributed by atoms with Gasteiger partial charge in [-0.25, -0.2) is 9.48 Å². The van der Waals surface area contributed by atoms with E-state index >= 15 is 0 Å². The molecule has 1 unspecified atom stereocenters. The SMILES string of the molecule is CCCC(C)Cn1nc(OCc2ccccc2/C(=C\OC)C(=O)OC)c(CC)c1Cl. The van der Waals surface area contributed by atoms with Crippen molar-refractivity contribution in [2.45, 2.75) is 53.2 Å². The van der Waals surface area contributed by atoms with Crippen molar-refractivity contribution in [1.29, 1.82) is 0 Å². The van der Waals surface area contributed by atoms with Crippen molar-refractivity contribution in [2.75, 3.05) is 14.2 Å². The number of carbonyl (C=O) groups is 1. The molecular weight excluding hydrogens is 404 g/mol. The molecule has 0 saturated carbocycles. The second kappa shape index (κ2) is 11.6. The molecule has 6 nitrogen and oxygen atoms in total. The highest BCUT2D eigenvalue weighted by Crippen LogP contribution is 2.29. The van der Waals surface area contributed by atoms with E-state index in [0.29, 0.717) is 28.1 Å². The van der Waals surface area contributed by atoms with Crippen LogP contribution in [0.25, 0.3) is 5.57 Å². The lowest BCUT2D eigenvalue weighted by Crippen LogP contribution is -2.10. The van der Waals surface area contributed by atoms with Gasteiger partial charge < -0.3 is 14.2 Å². The van der Waals surface area contributed by atoms with E-state index in [1.807, 2.05) is 35.9 Å². The van der Waals surface area contributed by atoms with Gasteiger partial charge in [-0.3, -0.25) is 0 Å². The van der Waals surface area contributed by atoms with Gasteiger partial charge in [0.2, 0.25) is 5.88 Å². The van der Waals surface area contributed by atoms with Crippen molar-refractivity contribution in [3.8, 4) is 5.88 Å². The second-order valence-electron chi connectivity index (χ2n) is 7.21. The number of methoxy groups -OCH3 is 2. The Balaban J connectivity index is 2.28. The summed E-state index contributed by atoms with van der Waals surface area (Å²) in [4.78, 5) is 12.2. The minimum Gasteiger partial charge on any atom is -0.503 e. The Morgan fingerprint density at radius 3 is 2.63 bits per heavy atom. The van der Waals surface area contributed by atoms with Crippen molar-refractivity contribution >= 4 is 23.1 Å². The summed E-state index contributed by atoms with van der Waals surface area (Å²) in [6, 6.07) is 7.47. The fourth-order valence-electron chi connectivity index (χ4n) is 3.38. The average molecular weight is 435 g/mol. The lowest BCUT2D eigenvalue weighted by Gasteiger charge is -2.12. The molecule has 1 atom stereocenters. The molecule has 164 valence electrons. The van der Waals surface area contributed by atoms with E-state index in [4.69, 9.17) is 25.8 Å². The molecule has 0 aliphatic heterocycles. The van der Waals surface area contributed by atoms with Gasteiger partial charge in [-0.05, 0) is 29.9 Å². The predicted octanol–water partition coefficient (Wildman–Crippen LogP) is 5.27. The minimum absolute atomic E-state index is 0.235. The van der Waals surface area contributed by atoms with Crippen LogP contribution >= 0.6 is 11.6 Å². The van der Waals surface area contributed by atoms with Crippen molar-refractivity contribution in [1.82, 2.24) is 9.78 Å². The number of hydrogen-bond acceptors (Lipinski definition) is 5. The van der Waals surface area contributed by atoms with E-state index in [1.165, 1.54) is 20.5 Å². The summed E-state index contributed by atoms with van der Waals surface area (Å²) >= 11 is 6.57. The monoisotopic (exact) mass is 434 g/mol. The van der Waals surface area contributed by atoms with Gasteiger partial charge >= 0.3 is 5.97 Å². The third kappa shape index (κ3) is 5.79. The van der Waals surface area contributed by atoms with E-state index in [0.717, 1.165) is 36.9 Å². The van der Waals surface area contributed by atoms with Gasteiger partial charge in [0.1, 0.15) is 17.3 Å². The zero-order valence-corrected chi connectivity index (χ0v) is 19.2. The third-order valence-corrected chi connectivity index (χ3v) is 5.30. The molecule has 1 aromatic heterocycles. The van der Waals surface area contributed by atoms with Crippen LogP contribution in [0.3, 0.4) is 0 Å². The van der Waals surface area contributed by atoms with E-state index in [9.17, 15) is 4.79 Å². The summed E-state index contributed by atoms with van der Waals surface area (Å²) in [5, 5.41) is 5.23. The van der Waals surface area contributed by atoms with Crippen LogP contribution in [0.2, 0.25) is 5.15 Å². The molecule has 0 saturated heterocycles. The molecular formula is C23H31ClN2O4. The first-order valence-electron chi connectivity index (χ1n) is 10.2. The average Bonchev–Trinajstić information content (AvgIpc) is 3.04. The first kappa shape index (κ1) is 23.8. The molecule has 0 bridgehead atoms. The molecule has 0 radical (unpaired) electrons.